The van der Waals surface area contributed by atoms with Crippen LogP contribution >= 0.6 is 0 Å². The van der Waals surface area contributed by atoms with Crippen molar-refractivity contribution in [3.8, 4) is 5.75 Å². The van der Waals surface area contributed by atoms with E-state index in [-0.39, 0.29) is 12.5 Å². The molecule has 1 unspecified atom stereocenters. The van der Waals surface area contributed by atoms with E-state index in [2.05, 4.69) is 0 Å². The zero-order chi connectivity index (χ0) is 11.8. The summed E-state index contributed by atoms with van der Waals surface area (Å²) in [7, 11) is 0. The molecular formula is C12H16O4. The Bertz CT molecular complexity index is 310. The first-order chi connectivity index (χ1) is 7.68. The fraction of sp³-hybridized carbons (Fsp3) is 0.417. The first-order valence-corrected chi connectivity index (χ1v) is 5.19. The lowest BCUT2D eigenvalue weighted by Crippen LogP contribution is -2.17. The Morgan fingerprint density at radius 1 is 1.31 bits per heavy atom. The number of carbonyl (C=O) groups is 1. The maximum atomic E-state index is 10.4. The highest BCUT2D eigenvalue weighted by atomic mass is 16.5. The summed E-state index contributed by atoms with van der Waals surface area (Å²) in [5, 5.41) is 8.51. The van der Waals surface area contributed by atoms with Crippen molar-refractivity contribution >= 4 is 5.97 Å². The van der Waals surface area contributed by atoms with Gasteiger partial charge in [0, 0.05) is 0 Å². The van der Waals surface area contributed by atoms with E-state index in [1.807, 2.05) is 30.3 Å². The van der Waals surface area contributed by atoms with E-state index < -0.39 is 5.97 Å². The zero-order valence-corrected chi connectivity index (χ0v) is 9.26. The number of hydrogen-bond acceptors (Lipinski definition) is 3. The van der Waals surface area contributed by atoms with Gasteiger partial charge in [0.15, 0.2) is 0 Å². The largest absolute Gasteiger partial charge is 0.491 e. The van der Waals surface area contributed by atoms with E-state index in [0.29, 0.717) is 13.2 Å². The van der Waals surface area contributed by atoms with Crippen LogP contribution in [0, 0.1) is 0 Å². The molecule has 16 heavy (non-hydrogen) atoms. The highest BCUT2D eigenvalue weighted by Gasteiger charge is 2.07. The highest BCUT2D eigenvalue weighted by Crippen LogP contribution is 2.07. The Labute approximate surface area is 94.8 Å². The zero-order valence-electron chi connectivity index (χ0n) is 9.26. The number of rotatable bonds is 7. The van der Waals surface area contributed by atoms with Crippen LogP contribution < -0.4 is 4.74 Å². The molecule has 4 heteroatoms. The Kier molecular flexibility index (Phi) is 5.36. The van der Waals surface area contributed by atoms with E-state index in [1.54, 1.807) is 6.92 Å². The SMILES string of the molecule is CC(CC(=O)O)OCCOc1ccccc1. The molecule has 0 aliphatic heterocycles. The van der Waals surface area contributed by atoms with Gasteiger partial charge in [-0.3, -0.25) is 4.79 Å². The van der Waals surface area contributed by atoms with Crippen molar-refractivity contribution in [1.82, 2.24) is 0 Å². The van der Waals surface area contributed by atoms with Crippen LogP contribution in [0.15, 0.2) is 30.3 Å². The topological polar surface area (TPSA) is 55.8 Å². The average Bonchev–Trinajstić information content (AvgIpc) is 2.25. The third-order valence-electron chi connectivity index (χ3n) is 1.96. The third-order valence-corrected chi connectivity index (χ3v) is 1.96. The molecule has 0 radical (unpaired) electrons. The number of benzene rings is 1. The molecule has 1 atom stereocenters. The predicted octanol–water partition coefficient (Wildman–Crippen LogP) is 1.95. The molecule has 0 aliphatic rings. The van der Waals surface area contributed by atoms with Gasteiger partial charge in [-0.25, -0.2) is 0 Å². The standard InChI is InChI=1S/C12H16O4/c1-10(9-12(13)14)15-7-8-16-11-5-3-2-4-6-11/h2-6,10H,7-9H2,1H3,(H,13,14). The van der Waals surface area contributed by atoms with Gasteiger partial charge in [-0.1, -0.05) is 18.2 Å². The molecule has 1 aromatic rings. The fourth-order valence-corrected chi connectivity index (χ4v) is 1.23. The van der Waals surface area contributed by atoms with E-state index in [0.717, 1.165) is 5.75 Å². The summed E-state index contributed by atoms with van der Waals surface area (Å²) in [5.41, 5.74) is 0. The fourth-order valence-electron chi connectivity index (χ4n) is 1.23. The van der Waals surface area contributed by atoms with Crippen LogP contribution in [-0.2, 0) is 9.53 Å². The Morgan fingerprint density at radius 2 is 2.00 bits per heavy atom. The van der Waals surface area contributed by atoms with Gasteiger partial charge in [-0.2, -0.15) is 0 Å². The monoisotopic (exact) mass is 224 g/mol. The normalized spacial score (nSPS) is 12.1. The summed E-state index contributed by atoms with van der Waals surface area (Å²) in [5.74, 6) is -0.0616. The Balaban J connectivity index is 2.10. The number of hydrogen-bond donors (Lipinski definition) is 1. The quantitative estimate of drug-likeness (QED) is 0.719. The minimum Gasteiger partial charge on any atom is -0.491 e. The molecule has 0 aromatic heterocycles. The molecule has 1 rings (SSSR count). The van der Waals surface area contributed by atoms with Gasteiger partial charge >= 0.3 is 5.97 Å². The molecule has 0 saturated carbocycles. The molecule has 0 aliphatic carbocycles. The Hall–Kier alpha value is -1.55. The highest BCUT2D eigenvalue weighted by molar-refractivity contribution is 5.67. The third kappa shape index (κ3) is 5.36. The van der Waals surface area contributed by atoms with Gasteiger partial charge in [0.25, 0.3) is 0 Å². The van der Waals surface area contributed by atoms with E-state index in [1.165, 1.54) is 0 Å². The molecular weight excluding hydrogens is 208 g/mol. The van der Waals surface area contributed by atoms with Crippen molar-refractivity contribution in [3.05, 3.63) is 30.3 Å². The lowest BCUT2D eigenvalue weighted by Gasteiger charge is -2.11. The lowest BCUT2D eigenvalue weighted by atomic mass is 10.3. The molecule has 0 bridgehead atoms. The van der Waals surface area contributed by atoms with Crippen LogP contribution in [0.25, 0.3) is 0 Å². The maximum Gasteiger partial charge on any atom is 0.305 e. The molecule has 0 saturated heterocycles. The lowest BCUT2D eigenvalue weighted by molar-refractivity contribution is -0.140. The second kappa shape index (κ2) is 6.85. The second-order valence-electron chi connectivity index (χ2n) is 3.44. The van der Waals surface area contributed by atoms with Gasteiger partial charge in [-0.05, 0) is 19.1 Å². The summed E-state index contributed by atoms with van der Waals surface area (Å²) in [6.07, 6.45) is -0.261. The second-order valence-corrected chi connectivity index (χ2v) is 3.44. The number of ether oxygens (including phenoxy) is 2. The molecule has 0 spiro atoms. The van der Waals surface area contributed by atoms with Crippen molar-refractivity contribution in [3.63, 3.8) is 0 Å². The van der Waals surface area contributed by atoms with Crippen molar-refractivity contribution in [1.29, 1.82) is 0 Å². The number of aliphatic carboxylic acids is 1. The van der Waals surface area contributed by atoms with Gasteiger partial charge in [0.2, 0.25) is 0 Å². The van der Waals surface area contributed by atoms with Crippen LogP contribution in [0.4, 0.5) is 0 Å². The van der Waals surface area contributed by atoms with Crippen molar-refractivity contribution in [2.75, 3.05) is 13.2 Å². The molecule has 1 aromatic carbocycles. The molecule has 0 heterocycles. The minimum absolute atomic E-state index is 0.0192. The van der Waals surface area contributed by atoms with Crippen molar-refractivity contribution in [2.24, 2.45) is 0 Å². The minimum atomic E-state index is -0.850. The maximum absolute atomic E-state index is 10.4. The molecule has 0 amide bonds. The van der Waals surface area contributed by atoms with E-state index >= 15 is 0 Å². The van der Waals surface area contributed by atoms with Crippen LogP contribution in [0.2, 0.25) is 0 Å². The summed E-state index contributed by atoms with van der Waals surface area (Å²) < 4.78 is 10.7. The van der Waals surface area contributed by atoms with Crippen molar-refractivity contribution in [2.45, 2.75) is 19.4 Å². The number of carboxylic acid groups (broad SMARTS) is 1. The summed E-state index contributed by atoms with van der Waals surface area (Å²) in [6.45, 7) is 2.55. The molecule has 88 valence electrons. The first-order valence-electron chi connectivity index (χ1n) is 5.19. The van der Waals surface area contributed by atoms with Gasteiger partial charge < -0.3 is 14.6 Å². The summed E-state index contributed by atoms with van der Waals surface area (Å²) >= 11 is 0. The summed E-state index contributed by atoms with van der Waals surface area (Å²) in [4.78, 5) is 10.4. The molecule has 1 N–H and O–H groups in total. The number of carboxylic acids is 1. The first kappa shape index (κ1) is 12.5. The molecule has 0 fully saturated rings. The van der Waals surface area contributed by atoms with Crippen LogP contribution in [0.3, 0.4) is 0 Å². The number of para-hydroxylation sites is 1. The van der Waals surface area contributed by atoms with Crippen molar-refractivity contribution < 1.29 is 19.4 Å². The van der Waals surface area contributed by atoms with E-state index in [4.69, 9.17) is 14.6 Å². The molecule has 4 nitrogen and oxygen atoms in total. The Morgan fingerprint density at radius 3 is 2.62 bits per heavy atom. The van der Waals surface area contributed by atoms with Crippen LogP contribution in [-0.4, -0.2) is 30.4 Å². The predicted molar refractivity (Wildman–Crippen MR) is 59.6 cm³/mol. The van der Waals surface area contributed by atoms with Crippen LogP contribution in [0.5, 0.6) is 5.75 Å². The smallest absolute Gasteiger partial charge is 0.305 e. The summed E-state index contributed by atoms with van der Waals surface area (Å²) in [6, 6.07) is 9.42. The van der Waals surface area contributed by atoms with Gasteiger partial charge in [0.1, 0.15) is 12.4 Å². The van der Waals surface area contributed by atoms with Crippen LogP contribution in [0.1, 0.15) is 13.3 Å². The van der Waals surface area contributed by atoms with E-state index in [9.17, 15) is 4.79 Å². The van der Waals surface area contributed by atoms with Gasteiger partial charge in [-0.15, -0.1) is 0 Å². The average molecular weight is 224 g/mol. The van der Waals surface area contributed by atoms with Gasteiger partial charge in [0.05, 0.1) is 19.1 Å².